The molecule has 2 aromatic carbocycles. The molecule has 0 aliphatic carbocycles. The fraction of sp³-hybridized carbons (Fsp3) is 0.238. The van der Waals surface area contributed by atoms with Crippen LogP contribution in [0.15, 0.2) is 47.8 Å². The second kappa shape index (κ2) is 9.88. The number of benzene rings is 2. The summed E-state index contributed by atoms with van der Waals surface area (Å²) in [5.74, 6) is 0.470. The summed E-state index contributed by atoms with van der Waals surface area (Å²) in [5.41, 5.74) is 1.43. The van der Waals surface area contributed by atoms with Gasteiger partial charge < -0.3 is 14.2 Å². The average molecular weight is 416 g/mol. The summed E-state index contributed by atoms with van der Waals surface area (Å²) in [7, 11) is 0. The minimum Gasteiger partial charge on any atom is -0.494 e. The third-order valence-corrected chi connectivity index (χ3v) is 4.54. The highest BCUT2D eigenvalue weighted by Crippen LogP contribution is 2.35. The number of nitrogens with one attached hydrogen (secondary N) is 1. The van der Waals surface area contributed by atoms with Crippen LogP contribution in [0.4, 0.5) is 9.52 Å². The summed E-state index contributed by atoms with van der Waals surface area (Å²) in [6, 6.07) is 11.5. The zero-order valence-electron chi connectivity index (χ0n) is 16.1. The van der Waals surface area contributed by atoms with Crippen molar-refractivity contribution in [3.8, 4) is 28.5 Å². The lowest BCUT2D eigenvalue weighted by atomic mass is 10.1. The molecule has 0 radical (unpaired) electrons. The van der Waals surface area contributed by atoms with Crippen molar-refractivity contribution in [1.82, 2.24) is 4.98 Å². The first-order valence-electron chi connectivity index (χ1n) is 9.13. The lowest BCUT2D eigenvalue weighted by molar-refractivity contribution is -0.118. The van der Waals surface area contributed by atoms with Crippen LogP contribution in [0.1, 0.15) is 13.8 Å². The number of ether oxygens (including phenoxy) is 3. The number of nitrogens with zero attached hydrogens (tertiary/aromatic N) is 1. The number of hydrogen-bond donors (Lipinski definition) is 1. The predicted octanol–water partition coefficient (Wildman–Crippen LogP) is 4.76. The van der Waals surface area contributed by atoms with Crippen molar-refractivity contribution in [3.05, 3.63) is 53.7 Å². The molecule has 1 aromatic heterocycles. The number of anilines is 1. The van der Waals surface area contributed by atoms with Gasteiger partial charge in [-0.3, -0.25) is 10.1 Å². The Morgan fingerprint density at radius 1 is 1.07 bits per heavy atom. The number of halogens is 1. The van der Waals surface area contributed by atoms with Crippen LogP contribution in [-0.2, 0) is 4.79 Å². The van der Waals surface area contributed by atoms with Gasteiger partial charge in [-0.25, -0.2) is 9.37 Å². The van der Waals surface area contributed by atoms with Gasteiger partial charge in [0, 0.05) is 10.9 Å². The monoisotopic (exact) mass is 416 g/mol. The molecule has 29 heavy (non-hydrogen) atoms. The summed E-state index contributed by atoms with van der Waals surface area (Å²) in [6.07, 6.45) is 0. The van der Waals surface area contributed by atoms with Gasteiger partial charge in [0.15, 0.2) is 23.3 Å². The molecule has 6 nitrogen and oxygen atoms in total. The van der Waals surface area contributed by atoms with Crippen molar-refractivity contribution in [3.63, 3.8) is 0 Å². The molecule has 0 saturated carbocycles. The lowest BCUT2D eigenvalue weighted by Gasteiger charge is -2.11. The van der Waals surface area contributed by atoms with Gasteiger partial charge in [0.2, 0.25) is 0 Å². The summed E-state index contributed by atoms with van der Waals surface area (Å²) in [5, 5.41) is 4.89. The number of amides is 1. The standard InChI is InChI=1S/C21H21FN2O4S/c1-3-26-14-9-10-18(27-4-2)15(11-14)17-13-29-21(23-17)24-20(25)12-28-19-8-6-5-7-16(19)22/h5-11,13H,3-4,12H2,1-2H3,(H,23,24,25). The Labute approximate surface area is 172 Å². The summed E-state index contributed by atoms with van der Waals surface area (Å²) < 4.78 is 30.0. The molecule has 0 spiro atoms. The Bertz CT molecular complexity index is 977. The second-order valence-electron chi connectivity index (χ2n) is 5.83. The molecule has 0 saturated heterocycles. The maximum Gasteiger partial charge on any atom is 0.264 e. The summed E-state index contributed by atoms with van der Waals surface area (Å²) >= 11 is 1.27. The molecule has 0 bridgehead atoms. The van der Waals surface area contributed by atoms with Crippen molar-refractivity contribution in [1.29, 1.82) is 0 Å². The maximum atomic E-state index is 13.6. The third-order valence-electron chi connectivity index (χ3n) is 3.78. The number of carbonyl (C=O) groups excluding carboxylic acids is 1. The molecule has 0 unspecified atom stereocenters. The van der Waals surface area contributed by atoms with Crippen molar-refractivity contribution in [2.45, 2.75) is 13.8 Å². The maximum absolute atomic E-state index is 13.6. The van der Waals surface area contributed by atoms with Crippen LogP contribution in [0.3, 0.4) is 0 Å². The third kappa shape index (κ3) is 5.45. The molecule has 1 heterocycles. The molecule has 152 valence electrons. The molecule has 1 amide bonds. The first kappa shape index (κ1) is 20.6. The molecular weight excluding hydrogens is 395 g/mol. The normalized spacial score (nSPS) is 10.4. The molecule has 0 fully saturated rings. The number of para-hydroxylation sites is 1. The Morgan fingerprint density at radius 2 is 1.86 bits per heavy atom. The molecule has 3 rings (SSSR count). The lowest BCUT2D eigenvalue weighted by Crippen LogP contribution is -2.20. The first-order valence-corrected chi connectivity index (χ1v) is 10.0. The fourth-order valence-corrected chi connectivity index (χ4v) is 3.29. The van der Waals surface area contributed by atoms with E-state index >= 15 is 0 Å². The van der Waals surface area contributed by atoms with E-state index in [4.69, 9.17) is 14.2 Å². The van der Waals surface area contributed by atoms with Gasteiger partial charge in [0.1, 0.15) is 11.5 Å². The highest BCUT2D eigenvalue weighted by molar-refractivity contribution is 7.14. The Morgan fingerprint density at radius 3 is 2.62 bits per heavy atom. The van der Waals surface area contributed by atoms with Gasteiger partial charge in [-0.2, -0.15) is 0 Å². The highest BCUT2D eigenvalue weighted by atomic mass is 32.1. The second-order valence-corrected chi connectivity index (χ2v) is 6.69. The number of hydrogen-bond acceptors (Lipinski definition) is 6. The molecule has 8 heteroatoms. The molecule has 0 aliphatic rings. The van der Waals surface area contributed by atoms with Gasteiger partial charge in [-0.1, -0.05) is 12.1 Å². The van der Waals surface area contributed by atoms with E-state index in [-0.39, 0.29) is 12.4 Å². The van der Waals surface area contributed by atoms with Crippen LogP contribution in [0.2, 0.25) is 0 Å². The van der Waals surface area contributed by atoms with E-state index in [1.165, 1.54) is 23.5 Å². The Balaban J connectivity index is 1.69. The van der Waals surface area contributed by atoms with Crippen molar-refractivity contribution >= 4 is 22.4 Å². The number of aromatic nitrogens is 1. The van der Waals surface area contributed by atoms with Crippen molar-refractivity contribution in [2.24, 2.45) is 0 Å². The van der Waals surface area contributed by atoms with Crippen LogP contribution in [0.5, 0.6) is 17.2 Å². The van der Waals surface area contributed by atoms with E-state index in [9.17, 15) is 9.18 Å². The SMILES string of the molecule is CCOc1ccc(OCC)c(-c2csc(NC(=O)COc3ccccc3F)n2)c1. The van der Waals surface area contributed by atoms with Crippen molar-refractivity contribution in [2.75, 3.05) is 25.1 Å². The molecule has 1 N–H and O–H groups in total. The summed E-state index contributed by atoms with van der Waals surface area (Å²) in [6.45, 7) is 4.56. The van der Waals surface area contributed by atoms with Crippen LogP contribution >= 0.6 is 11.3 Å². The Kier molecular flexibility index (Phi) is 7.02. The number of carbonyl (C=O) groups is 1. The van der Waals surface area contributed by atoms with Crippen LogP contribution < -0.4 is 19.5 Å². The first-order chi connectivity index (χ1) is 14.1. The van der Waals surface area contributed by atoms with Gasteiger partial charge in [0.05, 0.1) is 18.9 Å². The highest BCUT2D eigenvalue weighted by Gasteiger charge is 2.14. The topological polar surface area (TPSA) is 69.7 Å². The van der Waals surface area contributed by atoms with Crippen LogP contribution in [0.25, 0.3) is 11.3 Å². The van der Waals surface area contributed by atoms with E-state index in [1.807, 2.05) is 37.4 Å². The smallest absolute Gasteiger partial charge is 0.264 e. The van der Waals surface area contributed by atoms with Crippen LogP contribution in [-0.4, -0.2) is 30.7 Å². The van der Waals surface area contributed by atoms with E-state index in [0.717, 1.165) is 5.56 Å². The fourth-order valence-electron chi connectivity index (χ4n) is 2.56. The van der Waals surface area contributed by atoms with E-state index in [2.05, 4.69) is 10.3 Å². The largest absolute Gasteiger partial charge is 0.494 e. The number of thiazole rings is 1. The van der Waals surface area contributed by atoms with E-state index in [1.54, 1.807) is 12.1 Å². The van der Waals surface area contributed by atoms with Crippen LogP contribution in [0, 0.1) is 5.82 Å². The number of rotatable bonds is 9. The van der Waals surface area contributed by atoms with Gasteiger partial charge >= 0.3 is 0 Å². The van der Waals surface area contributed by atoms with Crippen molar-refractivity contribution < 1.29 is 23.4 Å². The van der Waals surface area contributed by atoms with Gasteiger partial charge in [-0.05, 0) is 44.2 Å². The zero-order valence-corrected chi connectivity index (χ0v) is 16.9. The minimum absolute atomic E-state index is 0.0246. The van der Waals surface area contributed by atoms with E-state index in [0.29, 0.717) is 35.5 Å². The van der Waals surface area contributed by atoms with E-state index < -0.39 is 11.7 Å². The molecule has 0 aliphatic heterocycles. The average Bonchev–Trinajstić information content (AvgIpc) is 3.17. The quantitative estimate of drug-likeness (QED) is 0.544. The minimum atomic E-state index is -0.519. The zero-order chi connectivity index (χ0) is 20.6. The Hall–Kier alpha value is -3.13. The molecule has 3 aromatic rings. The van der Waals surface area contributed by atoms with Gasteiger partial charge in [-0.15, -0.1) is 11.3 Å². The molecular formula is C21H21FN2O4S. The summed E-state index contributed by atoms with van der Waals surface area (Å²) in [4.78, 5) is 16.6. The molecule has 0 atom stereocenters. The predicted molar refractivity (Wildman–Crippen MR) is 110 cm³/mol. The van der Waals surface area contributed by atoms with Gasteiger partial charge in [0.25, 0.3) is 5.91 Å².